The third kappa shape index (κ3) is 9.07. The average molecular weight is 645 g/mol. The maximum atomic E-state index is 13.8. The molecule has 1 saturated carbocycles. The van der Waals surface area contributed by atoms with E-state index in [4.69, 9.17) is 18.3 Å². The van der Waals surface area contributed by atoms with E-state index in [1.165, 1.54) is 29.7 Å². The summed E-state index contributed by atoms with van der Waals surface area (Å²) in [5.41, 5.74) is -0.0261. The number of hydrogen-bond acceptors (Lipinski definition) is 11. The Labute approximate surface area is 261 Å². The number of aryl methyl sites for hydroxylation is 1. The third-order valence-corrected chi connectivity index (χ3v) is 8.10. The topological polar surface area (TPSA) is 173 Å². The van der Waals surface area contributed by atoms with Gasteiger partial charge in [-0.05, 0) is 71.7 Å². The van der Waals surface area contributed by atoms with E-state index in [0.29, 0.717) is 28.5 Å². The number of nitrogens with zero attached hydrogens (tertiary/aromatic N) is 6. The van der Waals surface area contributed by atoms with Crippen molar-refractivity contribution in [3.8, 4) is 17.1 Å². The number of benzene rings is 1. The summed E-state index contributed by atoms with van der Waals surface area (Å²) in [4.78, 5) is 31.7. The normalized spacial score (nSPS) is 14.4. The van der Waals surface area contributed by atoms with Crippen LogP contribution in [0.3, 0.4) is 0 Å². The monoisotopic (exact) mass is 644 g/mol. The molecular weight excluding hydrogens is 603 g/mol. The Kier molecular flexibility index (Phi) is 9.98. The van der Waals surface area contributed by atoms with E-state index in [1.54, 1.807) is 72.9 Å². The van der Waals surface area contributed by atoms with E-state index < -0.39 is 31.7 Å². The first-order valence-electron chi connectivity index (χ1n) is 14.4. The van der Waals surface area contributed by atoms with Gasteiger partial charge >= 0.3 is 7.82 Å². The number of amides is 2. The highest BCUT2D eigenvalue weighted by Crippen LogP contribution is 2.55. The lowest BCUT2D eigenvalue weighted by Crippen LogP contribution is -2.29. The van der Waals surface area contributed by atoms with Crippen molar-refractivity contribution in [3.63, 3.8) is 0 Å². The van der Waals surface area contributed by atoms with Crippen molar-refractivity contribution in [2.75, 3.05) is 19.5 Å². The molecule has 0 bridgehead atoms. The van der Waals surface area contributed by atoms with Crippen LogP contribution in [0.5, 0.6) is 5.75 Å². The van der Waals surface area contributed by atoms with Gasteiger partial charge in [0.1, 0.15) is 12.2 Å². The molecule has 16 heteroatoms. The molecule has 0 saturated heterocycles. The number of carbonyl (C=O) groups excluding carboxylic acids is 2. The molecule has 0 radical (unpaired) electrons. The zero-order valence-electron chi connectivity index (χ0n) is 27.1. The largest absolute Gasteiger partial charge is 0.494 e. The summed E-state index contributed by atoms with van der Waals surface area (Å²) < 4.78 is 38.2. The van der Waals surface area contributed by atoms with Crippen molar-refractivity contribution in [3.05, 3.63) is 41.5 Å². The average Bonchev–Trinajstić information content (AvgIpc) is 3.70. The highest BCUT2D eigenvalue weighted by molar-refractivity contribution is 7.48. The lowest BCUT2D eigenvalue weighted by molar-refractivity contribution is -0.119. The second-order valence-corrected chi connectivity index (χ2v) is 14.0. The Morgan fingerprint density at radius 1 is 1.09 bits per heavy atom. The van der Waals surface area contributed by atoms with Crippen LogP contribution in [0.2, 0.25) is 0 Å². The van der Waals surface area contributed by atoms with Crippen LogP contribution in [0, 0.1) is 5.92 Å². The van der Waals surface area contributed by atoms with Gasteiger partial charge in [0.05, 0.1) is 47.9 Å². The maximum Gasteiger partial charge on any atom is 0.477 e. The molecule has 1 aliphatic rings. The van der Waals surface area contributed by atoms with Crippen LogP contribution < -0.4 is 20.9 Å². The van der Waals surface area contributed by atoms with E-state index in [9.17, 15) is 14.2 Å². The summed E-state index contributed by atoms with van der Waals surface area (Å²) >= 11 is 0. The van der Waals surface area contributed by atoms with Gasteiger partial charge < -0.3 is 19.9 Å². The SMILES string of the molecule is CNC(=O)c1cn(COP(=O)(OC(C)(C)C)OC(C)(C)C)/c(=N/C(=O)C2CC2)cc1Nc1cccc(-c2nnn(C)n2)c1OC. The van der Waals surface area contributed by atoms with Gasteiger partial charge in [-0.1, -0.05) is 6.07 Å². The van der Waals surface area contributed by atoms with Gasteiger partial charge in [0.15, 0.2) is 5.75 Å². The predicted octanol–water partition coefficient (Wildman–Crippen LogP) is 4.34. The predicted molar refractivity (Wildman–Crippen MR) is 166 cm³/mol. The molecule has 1 aliphatic carbocycles. The third-order valence-electron chi connectivity index (χ3n) is 6.13. The molecule has 0 spiro atoms. The fourth-order valence-corrected chi connectivity index (χ4v) is 5.93. The first kappa shape index (κ1) is 34.0. The molecule has 244 valence electrons. The molecule has 1 aromatic carbocycles. The molecular formula is C29H41N8O7P. The molecule has 0 atom stereocenters. The molecule has 2 N–H and O–H groups in total. The van der Waals surface area contributed by atoms with Gasteiger partial charge in [0.25, 0.3) is 11.8 Å². The number of aromatic nitrogens is 5. The van der Waals surface area contributed by atoms with Crippen LogP contribution in [0.4, 0.5) is 11.4 Å². The Bertz CT molecular complexity index is 1660. The van der Waals surface area contributed by atoms with Gasteiger partial charge in [-0.2, -0.15) is 9.79 Å². The van der Waals surface area contributed by atoms with E-state index >= 15 is 0 Å². The van der Waals surface area contributed by atoms with E-state index in [-0.39, 0.29) is 22.9 Å². The summed E-state index contributed by atoms with van der Waals surface area (Å²) in [6, 6.07) is 6.86. The number of rotatable bonds is 11. The molecule has 4 rings (SSSR count). The first-order chi connectivity index (χ1) is 21.0. The Morgan fingerprint density at radius 3 is 2.29 bits per heavy atom. The van der Waals surface area contributed by atoms with Gasteiger partial charge in [0.2, 0.25) is 5.82 Å². The number of pyridine rings is 1. The quantitative estimate of drug-likeness (QED) is 0.284. The summed E-state index contributed by atoms with van der Waals surface area (Å²) in [5.74, 6) is -0.184. The lowest BCUT2D eigenvalue weighted by atomic mass is 10.1. The number of tetrazole rings is 1. The molecule has 2 heterocycles. The van der Waals surface area contributed by atoms with Gasteiger partial charge in [-0.3, -0.25) is 23.2 Å². The Hall–Kier alpha value is -3.91. The van der Waals surface area contributed by atoms with Crippen molar-refractivity contribution in [1.82, 2.24) is 30.1 Å². The van der Waals surface area contributed by atoms with Crippen LogP contribution in [0.1, 0.15) is 64.7 Å². The maximum absolute atomic E-state index is 13.8. The summed E-state index contributed by atoms with van der Waals surface area (Å²) in [6.45, 7) is 9.96. The van der Waals surface area contributed by atoms with Crippen molar-refractivity contribution < 1.29 is 32.5 Å². The molecule has 45 heavy (non-hydrogen) atoms. The fourth-order valence-electron chi connectivity index (χ4n) is 4.18. The van der Waals surface area contributed by atoms with E-state index in [1.807, 2.05) is 0 Å². The summed E-state index contributed by atoms with van der Waals surface area (Å²) in [6.07, 6.45) is 2.95. The minimum absolute atomic E-state index is 0.158. The number of anilines is 2. The smallest absolute Gasteiger partial charge is 0.477 e. The molecule has 0 unspecified atom stereocenters. The van der Waals surface area contributed by atoms with Gasteiger partial charge in [-0.15, -0.1) is 10.2 Å². The second-order valence-electron chi connectivity index (χ2n) is 12.5. The van der Waals surface area contributed by atoms with Crippen LogP contribution >= 0.6 is 7.82 Å². The second kappa shape index (κ2) is 13.2. The molecule has 0 aliphatic heterocycles. The molecule has 2 amide bonds. The van der Waals surface area contributed by atoms with Crippen molar-refractivity contribution in [1.29, 1.82) is 0 Å². The molecule has 2 aromatic heterocycles. The number of phosphoric acid groups is 1. The van der Waals surface area contributed by atoms with Crippen LogP contribution in [0.25, 0.3) is 11.4 Å². The highest BCUT2D eigenvalue weighted by atomic mass is 31.2. The highest BCUT2D eigenvalue weighted by Gasteiger charge is 2.37. The number of hydrogen-bond donors (Lipinski definition) is 2. The van der Waals surface area contributed by atoms with E-state index in [0.717, 1.165) is 12.8 Å². The number of methoxy groups -OCH3 is 1. The standard InChI is InChI=1S/C29H41N8O7P/c1-28(2,3)43-45(40,44-29(4,5)6)42-17-37-16-20(27(39)30-7)22(15-23(37)32-26(38)18-13-14-18)31-21-12-10-11-19(24(21)41-9)25-33-35-36(8)34-25/h10-12,15-16,18,31H,13-14,17H2,1-9H3,(H,30,39)/b32-23+. The van der Waals surface area contributed by atoms with Gasteiger partial charge in [-0.25, -0.2) is 4.57 Å². The number of nitrogens with one attached hydrogen (secondary N) is 2. The Balaban J connectivity index is 1.81. The van der Waals surface area contributed by atoms with E-state index in [2.05, 4.69) is 31.0 Å². The molecule has 1 fully saturated rings. The minimum atomic E-state index is -4.14. The van der Waals surface area contributed by atoms with Crippen LogP contribution in [-0.2, 0) is 36.7 Å². The number of phosphoric ester groups is 1. The van der Waals surface area contributed by atoms with Crippen molar-refractivity contribution in [2.24, 2.45) is 18.0 Å². The number of para-hydroxylation sites is 1. The minimum Gasteiger partial charge on any atom is -0.494 e. The summed E-state index contributed by atoms with van der Waals surface area (Å²) in [5, 5.41) is 18.1. The lowest BCUT2D eigenvalue weighted by Gasteiger charge is -2.31. The first-order valence-corrected chi connectivity index (χ1v) is 15.9. The molecule has 3 aromatic rings. The van der Waals surface area contributed by atoms with Gasteiger partial charge in [0, 0.05) is 25.2 Å². The van der Waals surface area contributed by atoms with Crippen LogP contribution in [0.15, 0.2) is 35.5 Å². The zero-order valence-corrected chi connectivity index (χ0v) is 28.0. The number of ether oxygens (including phenoxy) is 1. The Morgan fingerprint density at radius 2 is 1.76 bits per heavy atom. The number of carbonyl (C=O) groups is 2. The van der Waals surface area contributed by atoms with Crippen molar-refractivity contribution in [2.45, 2.75) is 72.3 Å². The van der Waals surface area contributed by atoms with Crippen molar-refractivity contribution >= 4 is 31.0 Å². The fraction of sp³-hybridized carbons (Fsp3) is 0.517. The summed E-state index contributed by atoms with van der Waals surface area (Å²) in [7, 11) is 0.505. The molecule has 15 nitrogen and oxygen atoms in total. The zero-order chi connectivity index (χ0) is 33.2. The van der Waals surface area contributed by atoms with Crippen LogP contribution in [-0.4, -0.2) is 61.9 Å².